The highest BCUT2D eigenvalue weighted by Gasteiger charge is 2.21. The fraction of sp³-hybridized carbons (Fsp3) is 1.00. The molecule has 1 aliphatic rings. The molecule has 1 aliphatic heterocycles. The molecule has 1 fully saturated rings. The Morgan fingerprint density at radius 3 is 2.73 bits per heavy atom. The molecule has 1 atom stereocenters. The summed E-state index contributed by atoms with van der Waals surface area (Å²) in [7, 11) is 2.16. The molecule has 1 rings (SSSR count). The minimum atomic E-state index is 0.122. The van der Waals surface area contributed by atoms with Crippen LogP contribution in [-0.4, -0.2) is 43.3 Å². The standard InChI is InChI=1S/C12H26N2O/c1-12(2,10-13)14(3)8-4-6-11-7-5-9-15-11/h11H,4-10,13H2,1-3H3. The van der Waals surface area contributed by atoms with Gasteiger partial charge in [0.05, 0.1) is 6.10 Å². The smallest absolute Gasteiger partial charge is 0.0576 e. The molecule has 1 unspecified atom stereocenters. The largest absolute Gasteiger partial charge is 0.378 e. The van der Waals surface area contributed by atoms with E-state index in [0.29, 0.717) is 12.6 Å². The van der Waals surface area contributed by atoms with Gasteiger partial charge >= 0.3 is 0 Å². The first kappa shape index (κ1) is 12.9. The first-order chi connectivity index (χ1) is 7.06. The Kier molecular flexibility index (Phi) is 5.03. The molecule has 0 spiro atoms. The van der Waals surface area contributed by atoms with Gasteiger partial charge in [-0.2, -0.15) is 0 Å². The van der Waals surface area contributed by atoms with Crippen LogP contribution in [0.25, 0.3) is 0 Å². The zero-order chi connectivity index (χ0) is 11.3. The summed E-state index contributed by atoms with van der Waals surface area (Å²) in [4.78, 5) is 2.35. The molecule has 0 bridgehead atoms. The van der Waals surface area contributed by atoms with E-state index in [9.17, 15) is 0 Å². The van der Waals surface area contributed by atoms with Gasteiger partial charge in [-0.05, 0) is 53.1 Å². The van der Waals surface area contributed by atoms with Gasteiger partial charge in [0.15, 0.2) is 0 Å². The Morgan fingerprint density at radius 2 is 2.20 bits per heavy atom. The molecular formula is C12H26N2O. The van der Waals surface area contributed by atoms with E-state index in [-0.39, 0.29) is 5.54 Å². The minimum absolute atomic E-state index is 0.122. The van der Waals surface area contributed by atoms with E-state index in [1.165, 1.54) is 25.7 Å². The summed E-state index contributed by atoms with van der Waals surface area (Å²) in [5.74, 6) is 0. The van der Waals surface area contributed by atoms with E-state index < -0.39 is 0 Å². The lowest BCUT2D eigenvalue weighted by Gasteiger charge is -2.34. The van der Waals surface area contributed by atoms with Crippen molar-refractivity contribution in [3.63, 3.8) is 0 Å². The fourth-order valence-corrected chi connectivity index (χ4v) is 1.89. The quantitative estimate of drug-likeness (QED) is 0.730. The van der Waals surface area contributed by atoms with Crippen LogP contribution in [0.3, 0.4) is 0 Å². The van der Waals surface area contributed by atoms with Crippen molar-refractivity contribution in [3.8, 4) is 0 Å². The third-order valence-electron chi connectivity index (χ3n) is 3.58. The van der Waals surface area contributed by atoms with Crippen molar-refractivity contribution in [2.45, 2.75) is 51.2 Å². The highest BCUT2D eigenvalue weighted by Crippen LogP contribution is 2.18. The Balaban J connectivity index is 2.13. The summed E-state index contributed by atoms with van der Waals surface area (Å²) >= 11 is 0. The van der Waals surface area contributed by atoms with Crippen LogP contribution in [0.15, 0.2) is 0 Å². The monoisotopic (exact) mass is 214 g/mol. The summed E-state index contributed by atoms with van der Waals surface area (Å²) in [6, 6.07) is 0. The van der Waals surface area contributed by atoms with Crippen molar-refractivity contribution in [3.05, 3.63) is 0 Å². The lowest BCUT2D eigenvalue weighted by Crippen LogP contribution is -2.47. The van der Waals surface area contributed by atoms with Gasteiger partial charge in [-0.1, -0.05) is 0 Å². The van der Waals surface area contributed by atoms with Gasteiger partial charge < -0.3 is 10.5 Å². The SMILES string of the molecule is CN(CCCC1CCCO1)C(C)(C)CN. The van der Waals surface area contributed by atoms with Crippen LogP contribution in [0, 0.1) is 0 Å². The molecular weight excluding hydrogens is 188 g/mol. The van der Waals surface area contributed by atoms with Crippen molar-refractivity contribution in [2.75, 3.05) is 26.7 Å². The maximum atomic E-state index is 5.73. The molecule has 0 radical (unpaired) electrons. The van der Waals surface area contributed by atoms with Gasteiger partial charge in [0, 0.05) is 18.7 Å². The molecule has 90 valence electrons. The third-order valence-corrected chi connectivity index (χ3v) is 3.58. The normalized spacial score (nSPS) is 22.6. The second-order valence-electron chi connectivity index (χ2n) is 5.22. The molecule has 3 heteroatoms. The first-order valence-electron chi connectivity index (χ1n) is 6.09. The summed E-state index contributed by atoms with van der Waals surface area (Å²) in [5.41, 5.74) is 5.86. The van der Waals surface area contributed by atoms with E-state index in [4.69, 9.17) is 10.5 Å². The van der Waals surface area contributed by atoms with Crippen LogP contribution in [0.4, 0.5) is 0 Å². The van der Waals surface area contributed by atoms with E-state index in [1.54, 1.807) is 0 Å². The van der Waals surface area contributed by atoms with Gasteiger partial charge in [-0.3, -0.25) is 4.90 Å². The Morgan fingerprint density at radius 1 is 1.47 bits per heavy atom. The summed E-state index contributed by atoms with van der Waals surface area (Å²) in [6.45, 7) is 7.18. The molecule has 0 aromatic heterocycles. The Hall–Kier alpha value is -0.120. The molecule has 1 saturated heterocycles. The number of nitrogens with zero attached hydrogens (tertiary/aromatic N) is 1. The highest BCUT2D eigenvalue weighted by atomic mass is 16.5. The topological polar surface area (TPSA) is 38.5 Å². The van der Waals surface area contributed by atoms with Crippen molar-refractivity contribution in [1.82, 2.24) is 4.90 Å². The van der Waals surface area contributed by atoms with Gasteiger partial charge in [0.25, 0.3) is 0 Å². The number of rotatable bonds is 6. The maximum Gasteiger partial charge on any atom is 0.0576 e. The van der Waals surface area contributed by atoms with E-state index in [1.807, 2.05) is 0 Å². The minimum Gasteiger partial charge on any atom is -0.378 e. The Bertz CT molecular complexity index is 176. The number of ether oxygens (including phenoxy) is 1. The van der Waals surface area contributed by atoms with Crippen molar-refractivity contribution >= 4 is 0 Å². The van der Waals surface area contributed by atoms with Gasteiger partial charge in [-0.25, -0.2) is 0 Å². The predicted molar refractivity (Wildman–Crippen MR) is 64.0 cm³/mol. The number of nitrogens with two attached hydrogens (primary N) is 1. The number of likely N-dealkylation sites (N-methyl/N-ethyl adjacent to an activating group) is 1. The van der Waals surface area contributed by atoms with E-state index in [2.05, 4.69) is 25.8 Å². The number of hydrogen-bond donors (Lipinski definition) is 1. The lowest BCUT2D eigenvalue weighted by molar-refractivity contribution is 0.0931. The average molecular weight is 214 g/mol. The second-order valence-corrected chi connectivity index (χ2v) is 5.22. The van der Waals surface area contributed by atoms with Crippen molar-refractivity contribution in [2.24, 2.45) is 5.73 Å². The summed E-state index contributed by atoms with van der Waals surface area (Å²) in [6.07, 6.45) is 5.44. The lowest BCUT2D eigenvalue weighted by atomic mass is 10.0. The zero-order valence-electron chi connectivity index (χ0n) is 10.5. The molecule has 0 aliphatic carbocycles. The van der Waals surface area contributed by atoms with Gasteiger partial charge in [0.2, 0.25) is 0 Å². The highest BCUT2D eigenvalue weighted by molar-refractivity contribution is 4.80. The van der Waals surface area contributed by atoms with Gasteiger partial charge in [-0.15, -0.1) is 0 Å². The summed E-state index contributed by atoms with van der Waals surface area (Å²) in [5, 5.41) is 0. The molecule has 1 heterocycles. The van der Waals surface area contributed by atoms with Crippen LogP contribution in [0.5, 0.6) is 0 Å². The van der Waals surface area contributed by atoms with Crippen LogP contribution in [-0.2, 0) is 4.74 Å². The second kappa shape index (κ2) is 5.83. The molecule has 0 aromatic rings. The molecule has 2 N–H and O–H groups in total. The molecule has 3 nitrogen and oxygen atoms in total. The van der Waals surface area contributed by atoms with E-state index in [0.717, 1.165) is 13.2 Å². The van der Waals surface area contributed by atoms with Crippen molar-refractivity contribution in [1.29, 1.82) is 0 Å². The first-order valence-corrected chi connectivity index (χ1v) is 6.09. The molecule has 0 saturated carbocycles. The third kappa shape index (κ3) is 4.09. The fourth-order valence-electron chi connectivity index (χ4n) is 1.89. The average Bonchev–Trinajstić information content (AvgIpc) is 2.70. The maximum absolute atomic E-state index is 5.73. The predicted octanol–water partition coefficient (Wildman–Crippen LogP) is 1.61. The Labute approximate surface area is 94.0 Å². The van der Waals surface area contributed by atoms with Crippen LogP contribution in [0.1, 0.15) is 39.5 Å². The van der Waals surface area contributed by atoms with Gasteiger partial charge in [0.1, 0.15) is 0 Å². The summed E-state index contributed by atoms with van der Waals surface area (Å²) < 4.78 is 5.60. The van der Waals surface area contributed by atoms with Crippen LogP contribution < -0.4 is 5.73 Å². The number of hydrogen-bond acceptors (Lipinski definition) is 3. The van der Waals surface area contributed by atoms with Crippen molar-refractivity contribution < 1.29 is 4.74 Å². The van der Waals surface area contributed by atoms with Crippen LogP contribution in [0.2, 0.25) is 0 Å². The van der Waals surface area contributed by atoms with Crippen LogP contribution >= 0.6 is 0 Å². The van der Waals surface area contributed by atoms with E-state index >= 15 is 0 Å². The molecule has 15 heavy (non-hydrogen) atoms. The molecule has 0 amide bonds. The molecule has 0 aromatic carbocycles. The zero-order valence-corrected chi connectivity index (χ0v) is 10.5.